The van der Waals surface area contributed by atoms with E-state index in [4.69, 9.17) is 4.74 Å². The van der Waals surface area contributed by atoms with E-state index in [-0.39, 0.29) is 16.4 Å². The van der Waals surface area contributed by atoms with Crippen molar-refractivity contribution in [2.45, 2.75) is 13.8 Å². The summed E-state index contributed by atoms with van der Waals surface area (Å²) in [7, 11) is 0. The fourth-order valence-corrected chi connectivity index (χ4v) is 3.03. The molecule has 1 atom stereocenters. The number of hydrogen-bond donors (Lipinski definition) is 0. The minimum absolute atomic E-state index is 0.187. The van der Waals surface area contributed by atoms with E-state index < -0.39 is 0 Å². The molecule has 0 amide bonds. The van der Waals surface area contributed by atoms with Crippen LogP contribution in [-0.2, 0) is 9.53 Å². The Hall–Kier alpha value is -0.510. The Morgan fingerprint density at radius 3 is 2.85 bits per heavy atom. The molecule has 72 valence electrons. The molecule has 0 aliphatic carbocycles. The number of aliphatic imine (C=N–C) groups is 1. The third-order valence-electron chi connectivity index (χ3n) is 2.69. The van der Waals surface area contributed by atoms with E-state index in [0.717, 1.165) is 18.2 Å². The van der Waals surface area contributed by atoms with Gasteiger partial charge in [-0.05, 0) is 0 Å². The van der Waals surface area contributed by atoms with Crippen molar-refractivity contribution in [1.29, 1.82) is 0 Å². The van der Waals surface area contributed by atoms with Gasteiger partial charge in [0.15, 0.2) is 11.0 Å². The lowest BCUT2D eigenvalue weighted by atomic mass is 9.81. The minimum atomic E-state index is -0.298. The lowest BCUT2D eigenvalue weighted by Gasteiger charge is -2.23. The Labute approximate surface area is 81.9 Å². The Bertz CT molecular complexity index is 273. The monoisotopic (exact) mass is 199 g/mol. The smallest absolute Gasteiger partial charge is 0.195 e. The van der Waals surface area contributed by atoms with Crippen LogP contribution in [0.5, 0.6) is 0 Å². The molecule has 0 N–H and O–H groups in total. The Kier molecular flexibility index (Phi) is 2.10. The molecule has 3 nitrogen and oxygen atoms in total. The standard InChI is InChI=1S/C9H13NO2S/c1-9(2)6(5-13-8(9)11)7-10-3-4-12-7/h6H,3-5H2,1-2H3. The molecule has 0 aromatic heterocycles. The van der Waals surface area contributed by atoms with Crippen molar-refractivity contribution in [3.63, 3.8) is 0 Å². The summed E-state index contributed by atoms with van der Waals surface area (Å²) in [6.45, 7) is 5.38. The van der Waals surface area contributed by atoms with E-state index in [9.17, 15) is 4.79 Å². The van der Waals surface area contributed by atoms with Crippen LogP contribution >= 0.6 is 11.8 Å². The van der Waals surface area contributed by atoms with Gasteiger partial charge in [0.2, 0.25) is 0 Å². The van der Waals surface area contributed by atoms with Gasteiger partial charge in [-0.15, -0.1) is 0 Å². The van der Waals surface area contributed by atoms with Gasteiger partial charge >= 0.3 is 0 Å². The summed E-state index contributed by atoms with van der Waals surface area (Å²) in [5.74, 6) is 1.81. The van der Waals surface area contributed by atoms with Crippen LogP contribution < -0.4 is 0 Å². The molecule has 0 aromatic carbocycles. The zero-order chi connectivity index (χ0) is 9.47. The van der Waals surface area contributed by atoms with Crippen molar-refractivity contribution in [2.24, 2.45) is 16.3 Å². The molecular formula is C9H13NO2S. The van der Waals surface area contributed by atoms with Gasteiger partial charge in [0, 0.05) is 11.2 Å². The maximum Gasteiger partial charge on any atom is 0.195 e. The molecule has 2 aliphatic rings. The number of hydrogen-bond acceptors (Lipinski definition) is 4. The fourth-order valence-electron chi connectivity index (χ4n) is 1.64. The highest BCUT2D eigenvalue weighted by Gasteiger charge is 2.47. The Morgan fingerprint density at radius 1 is 1.62 bits per heavy atom. The van der Waals surface area contributed by atoms with Crippen LogP contribution in [0.3, 0.4) is 0 Å². The summed E-state index contributed by atoms with van der Waals surface area (Å²) in [4.78, 5) is 15.8. The predicted octanol–water partition coefficient (Wildman–Crippen LogP) is 1.33. The zero-order valence-corrected chi connectivity index (χ0v) is 8.69. The van der Waals surface area contributed by atoms with E-state index in [1.165, 1.54) is 11.8 Å². The van der Waals surface area contributed by atoms with E-state index in [2.05, 4.69) is 4.99 Å². The van der Waals surface area contributed by atoms with Gasteiger partial charge in [-0.3, -0.25) is 9.79 Å². The Morgan fingerprint density at radius 2 is 2.38 bits per heavy atom. The molecule has 1 unspecified atom stereocenters. The van der Waals surface area contributed by atoms with Gasteiger partial charge in [-0.1, -0.05) is 25.6 Å². The summed E-state index contributed by atoms with van der Waals surface area (Å²) in [6, 6.07) is 0. The summed E-state index contributed by atoms with van der Waals surface area (Å²) >= 11 is 1.40. The molecule has 1 fully saturated rings. The van der Waals surface area contributed by atoms with Gasteiger partial charge in [-0.2, -0.15) is 0 Å². The quantitative estimate of drug-likeness (QED) is 0.639. The van der Waals surface area contributed by atoms with Gasteiger partial charge in [0.05, 0.1) is 12.5 Å². The summed E-state index contributed by atoms with van der Waals surface area (Å²) < 4.78 is 5.41. The van der Waals surface area contributed by atoms with Gasteiger partial charge in [-0.25, -0.2) is 0 Å². The second-order valence-corrected chi connectivity index (χ2v) is 4.93. The summed E-state index contributed by atoms with van der Waals surface area (Å²) in [5, 5.41) is 0.260. The number of carbonyl (C=O) groups excluding carboxylic acids is 1. The average Bonchev–Trinajstić information content (AvgIpc) is 2.62. The first-order valence-corrected chi connectivity index (χ1v) is 5.45. The number of thioether (sulfide) groups is 1. The van der Waals surface area contributed by atoms with Crippen LogP contribution in [0.1, 0.15) is 13.8 Å². The highest BCUT2D eigenvalue weighted by molar-refractivity contribution is 8.14. The summed E-state index contributed by atoms with van der Waals surface area (Å²) in [6.07, 6.45) is 0. The first kappa shape index (κ1) is 9.06. The highest BCUT2D eigenvalue weighted by Crippen LogP contribution is 2.43. The molecule has 2 rings (SSSR count). The SMILES string of the molecule is CC1(C)C(=O)SCC1C1=NCCO1. The van der Waals surface area contributed by atoms with Crippen molar-refractivity contribution in [3.05, 3.63) is 0 Å². The molecule has 2 aliphatic heterocycles. The third kappa shape index (κ3) is 1.37. The molecule has 4 heteroatoms. The van der Waals surface area contributed by atoms with Crippen molar-refractivity contribution in [2.75, 3.05) is 18.9 Å². The second-order valence-electron chi connectivity index (χ2n) is 3.94. The van der Waals surface area contributed by atoms with Crippen LogP contribution in [0.4, 0.5) is 0 Å². The lowest BCUT2D eigenvalue weighted by molar-refractivity contribution is -0.118. The van der Waals surface area contributed by atoms with E-state index >= 15 is 0 Å². The first-order valence-electron chi connectivity index (χ1n) is 4.47. The number of nitrogens with zero attached hydrogens (tertiary/aromatic N) is 1. The highest BCUT2D eigenvalue weighted by atomic mass is 32.2. The topological polar surface area (TPSA) is 38.7 Å². The van der Waals surface area contributed by atoms with Crippen molar-refractivity contribution >= 4 is 22.8 Å². The van der Waals surface area contributed by atoms with Gasteiger partial charge < -0.3 is 4.74 Å². The molecule has 0 aromatic rings. The van der Waals surface area contributed by atoms with Crippen LogP contribution in [-0.4, -0.2) is 29.9 Å². The lowest BCUT2D eigenvalue weighted by Crippen LogP contribution is -2.32. The molecular weight excluding hydrogens is 186 g/mol. The van der Waals surface area contributed by atoms with Crippen LogP contribution in [0.15, 0.2) is 4.99 Å². The van der Waals surface area contributed by atoms with E-state index in [0.29, 0.717) is 6.61 Å². The largest absolute Gasteiger partial charge is 0.479 e. The third-order valence-corrected chi connectivity index (χ3v) is 3.97. The molecule has 0 bridgehead atoms. The average molecular weight is 199 g/mol. The molecule has 0 radical (unpaired) electrons. The van der Waals surface area contributed by atoms with Crippen molar-refractivity contribution in [1.82, 2.24) is 0 Å². The first-order chi connectivity index (χ1) is 6.12. The van der Waals surface area contributed by atoms with Gasteiger partial charge in [0.1, 0.15) is 6.61 Å². The van der Waals surface area contributed by atoms with Gasteiger partial charge in [0.25, 0.3) is 0 Å². The fraction of sp³-hybridized carbons (Fsp3) is 0.778. The van der Waals surface area contributed by atoms with E-state index in [1.54, 1.807) is 0 Å². The molecule has 13 heavy (non-hydrogen) atoms. The molecule has 0 saturated carbocycles. The normalized spacial score (nSPS) is 31.7. The van der Waals surface area contributed by atoms with E-state index in [1.807, 2.05) is 13.8 Å². The molecule has 1 saturated heterocycles. The summed E-state index contributed by atoms with van der Waals surface area (Å²) in [5.41, 5.74) is -0.298. The predicted molar refractivity (Wildman–Crippen MR) is 53.0 cm³/mol. The Balaban J connectivity index is 2.20. The maximum absolute atomic E-state index is 11.5. The number of carbonyl (C=O) groups is 1. The number of rotatable bonds is 1. The zero-order valence-electron chi connectivity index (χ0n) is 7.87. The van der Waals surface area contributed by atoms with Crippen LogP contribution in [0, 0.1) is 11.3 Å². The molecule has 0 spiro atoms. The maximum atomic E-state index is 11.5. The minimum Gasteiger partial charge on any atom is -0.479 e. The van der Waals surface area contributed by atoms with Crippen molar-refractivity contribution in [3.8, 4) is 0 Å². The van der Waals surface area contributed by atoms with Crippen molar-refractivity contribution < 1.29 is 9.53 Å². The van der Waals surface area contributed by atoms with Crippen LogP contribution in [0.2, 0.25) is 0 Å². The number of ether oxygens (including phenoxy) is 1. The van der Waals surface area contributed by atoms with Crippen LogP contribution in [0.25, 0.3) is 0 Å². The second kappa shape index (κ2) is 3.01. The molecule has 2 heterocycles.